The largest absolute Gasteiger partial charge is 0.335 e. The molecule has 6 rings (SSSR count). The van der Waals surface area contributed by atoms with E-state index < -0.39 is 0 Å². The molecule has 6 aromatic rings. The zero-order chi connectivity index (χ0) is 19.9. The van der Waals surface area contributed by atoms with Crippen LogP contribution in [0.25, 0.3) is 56.1 Å². The number of hydrogen-bond donors (Lipinski definition) is 2. The van der Waals surface area contributed by atoms with Crippen molar-refractivity contribution in [3.05, 3.63) is 73.4 Å². The van der Waals surface area contributed by atoms with Crippen LogP contribution in [0.2, 0.25) is 0 Å². The highest BCUT2D eigenvalue weighted by Gasteiger charge is 2.17. The van der Waals surface area contributed by atoms with Gasteiger partial charge in [-0.3, -0.25) is 20.1 Å². The Morgan fingerprint density at radius 1 is 0.700 bits per heavy atom. The maximum Gasteiger partial charge on any atom is 0.161 e. The summed E-state index contributed by atoms with van der Waals surface area (Å²) < 4.78 is 0. The van der Waals surface area contributed by atoms with Crippen LogP contribution in [0, 0.1) is 0 Å². The lowest BCUT2D eigenvalue weighted by atomic mass is 10.1. The fourth-order valence-corrected chi connectivity index (χ4v) is 3.49. The van der Waals surface area contributed by atoms with Crippen LogP contribution in [0.1, 0.15) is 0 Å². The molecule has 8 heteroatoms. The van der Waals surface area contributed by atoms with E-state index in [9.17, 15) is 0 Å². The topological polar surface area (TPSA) is 109 Å². The molecule has 2 N–H and O–H groups in total. The number of hydrogen-bond acceptors (Lipinski definition) is 6. The molecule has 0 aromatic carbocycles. The van der Waals surface area contributed by atoms with Gasteiger partial charge in [0.1, 0.15) is 11.0 Å². The summed E-state index contributed by atoms with van der Waals surface area (Å²) in [6.07, 6.45) is 8.82. The van der Waals surface area contributed by atoms with E-state index in [1.54, 1.807) is 31.0 Å². The van der Waals surface area contributed by atoms with Gasteiger partial charge in [-0.05, 0) is 36.4 Å². The van der Waals surface area contributed by atoms with Gasteiger partial charge in [-0.2, -0.15) is 5.10 Å². The maximum atomic E-state index is 4.81. The number of H-pyrrole nitrogens is 2. The number of nitrogens with zero attached hydrogens (tertiary/aromatic N) is 6. The summed E-state index contributed by atoms with van der Waals surface area (Å²) in [5.41, 5.74) is 7.27. The number of aromatic amines is 2. The molecule has 30 heavy (non-hydrogen) atoms. The van der Waals surface area contributed by atoms with Crippen molar-refractivity contribution in [2.75, 3.05) is 0 Å². The summed E-state index contributed by atoms with van der Waals surface area (Å²) in [7, 11) is 0. The molecular formula is C22H14N8. The van der Waals surface area contributed by atoms with Crippen molar-refractivity contribution in [2.45, 2.75) is 0 Å². The number of rotatable bonds is 3. The molecule has 0 unspecified atom stereocenters. The molecule has 0 radical (unpaired) electrons. The Kier molecular flexibility index (Phi) is 3.60. The van der Waals surface area contributed by atoms with Gasteiger partial charge in [0.25, 0.3) is 0 Å². The minimum atomic E-state index is 0.622. The van der Waals surface area contributed by atoms with Crippen molar-refractivity contribution in [1.29, 1.82) is 0 Å². The van der Waals surface area contributed by atoms with Crippen LogP contribution in [0.3, 0.4) is 0 Å². The lowest BCUT2D eigenvalue weighted by Crippen LogP contribution is -1.87. The molecule has 0 amide bonds. The highest BCUT2D eigenvalue weighted by atomic mass is 15.1. The molecule has 0 aliphatic rings. The first-order chi connectivity index (χ1) is 14.9. The molecule has 6 aromatic heterocycles. The second kappa shape index (κ2) is 6.56. The van der Waals surface area contributed by atoms with E-state index in [4.69, 9.17) is 9.97 Å². The first-order valence-corrected chi connectivity index (χ1v) is 9.38. The van der Waals surface area contributed by atoms with E-state index in [1.165, 1.54) is 0 Å². The predicted molar refractivity (Wildman–Crippen MR) is 113 cm³/mol. The monoisotopic (exact) mass is 390 g/mol. The highest BCUT2D eigenvalue weighted by molar-refractivity contribution is 5.95. The summed E-state index contributed by atoms with van der Waals surface area (Å²) in [6.45, 7) is 0. The first kappa shape index (κ1) is 16.5. The van der Waals surface area contributed by atoms with Gasteiger partial charge in [-0.25, -0.2) is 9.97 Å². The number of pyridine rings is 4. The second-order valence-corrected chi connectivity index (χ2v) is 6.79. The Morgan fingerprint density at radius 2 is 1.70 bits per heavy atom. The molecular weight excluding hydrogens is 376 g/mol. The highest BCUT2D eigenvalue weighted by Crippen LogP contribution is 2.30. The summed E-state index contributed by atoms with van der Waals surface area (Å²) in [4.78, 5) is 25.9. The average molecular weight is 390 g/mol. The number of imidazole rings is 1. The summed E-state index contributed by atoms with van der Waals surface area (Å²) in [6, 6.07) is 13.5. The van der Waals surface area contributed by atoms with Gasteiger partial charge < -0.3 is 4.98 Å². The lowest BCUT2D eigenvalue weighted by molar-refractivity contribution is 1.10. The molecule has 0 saturated heterocycles. The van der Waals surface area contributed by atoms with Gasteiger partial charge in [0.15, 0.2) is 11.5 Å². The van der Waals surface area contributed by atoms with E-state index in [2.05, 4.69) is 30.1 Å². The fraction of sp³-hybridized carbons (Fsp3) is 0. The molecule has 142 valence electrons. The molecule has 0 fully saturated rings. The third-order valence-corrected chi connectivity index (χ3v) is 4.92. The summed E-state index contributed by atoms with van der Waals surface area (Å²) in [5.74, 6) is 0.622. The summed E-state index contributed by atoms with van der Waals surface area (Å²) in [5, 5.41) is 7.50. The molecule has 0 bridgehead atoms. The Labute approximate surface area is 170 Å². The van der Waals surface area contributed by atoms with Crippen molar-refractivity contribution in [1.82, 2.24) is 40.1 Å². The van der Waals surface area contributed by atoms with Crippen LogP contribution in [0.5, 0.6) is 0 Å². The average Bonchev–Trinajstić information content (AvgIpc) is 3.43. The van der Waals surface area contributed by atoms with Crippen LogP contribution < -0.4 is 0 Å². The quantitative estimate of drug-likeness (QED) is 0.472. The van der Waals surface area contributed by atoms with Gasteiger partial charge in [-0.1, -0.05) is 6.07 Å². The van der Waals surface area contributed by atoms with Crippen molar-refractivity contribution in [2.24, 2.45) is 0 Å². The first-order valence-electron chi connectivity index (χ1n) is 9.38. The Balaban J connectivity index is 1.52. The molecule has 6 heterocycles. The SMILES string of the molecule is c1ccc(-c2cncc3[nH]c(-c4n[nH]c5ccc(-c6cccnc6)nc45)nc23)nc1. The Hall–Kier alpha value is -4.46. The van der Waals surface area contributed by atoms with Crippen LogP contribution in [0.15, 0.2) is 73.4 Å². The minimum absolute atomic E-state index is 0.622. The standard InChI is InChI=1S/C22H14N8/c1-2-9-25-16(5-1)14-11-24-12-18-19(14)28-22(27-18)21-20-17(29-30-21)7-6-15(26-20)13-4-3-8-23-10-13/h1-12H,(H,27,28)(H,29,30). The minimum Gasteiger partial charge on any atom is -0.335 e. The van der Waals surface area contributed by atoms with E-state index in [-0.39, 0.29) is 0 Å². The van der Waals surface area contributed by atoms with Gasteiger partial charge in [-0.15, -0.1) is 0 Å². The van der Waals surface area contributed by atoms with E-state index in [0.29, 0.717) is 11.5 Å². The third kappa shape index (κ3) is 2.62. The smallest absolute Gasteiger partial charge is 0.161 e. The second-order valence-electron chi connectivity index (χ2n) is 6.79. The van der Waals surface area contributed by atoms with Gasteiger partial charge >= 0.3 is 0 Å². The normalized spacial score (nSPS) is 11.3. The van der Waals surface area contributed by atoms with Gasteiger partial charge in [0.2, 0.25) is 0 Å². The molecule has 0 saturated carbocycles. The van der Waals surface area contributed by atoms with Crippen LogP contribution >= 0.6 is 0 Å². The molecule has 8 nitrogen and oxygen atoms in total. The number of fused-ring (bicyclic) bond motifs is 2. The summed E-state index contributed by atoms with van der Waals surface area (Å²) >= 11 is 0. The lowest BCUT2D eigenvalue weighted by Gasteiger charge is -2.00. The van der Waals surface area contributed by atoms with Gasteiger partial charge in [0, 0.05) is 35.9 Å². The number of nitrogens with one attached hydrogen (secondary N) is 2. The van der Waals surface area contributed by atoms with Crippen LogP contribution in [0.4, 0.5) is 0 Å². The van der Waals surface area contributed by atoms with Crippen molar-refractivity contribution in [3.8, 4) is 34.0 Å². The van der Waals surface area contributed by atoms with Crippen LogP contribution in [-0.4, -0.2) is 40.1 Å². The number of aromatic nitrogens is 8. The van der Waals surface area contributed by atoms with Crippen LogP contribution in [-0.2, 0) is 0 Å². The van der Waals surface area contributed by atoms with E-state index >= 15 is 0 Å². The van der Waals surface area contributed by atoms with Crippen molar-refractivity contribution >= 4 is 22.1 Å². The molecule has 0 aliphatic carbocycles. The fourth-order valence-electron chi connectivity index (χ4n) is 3.49. The third-order valence-electron chi connectivity index (χ3n) is 4.92. The molecule has 0 atom stereocenters. The van der Waals surface area contributed by atoms with E-state index in [1.807, 2.05) is 42.5 Å². The van der Waals surface area contributed by atoms with Crippen molar-refractivity contribution < 1.29 is 0 Å². The van der Waals surface area contributed by atoms with E-state index in [0.717, 1.165) is 44.6 Å². The van der Waals surface area contributed by atoms with Gasteiger partial charge in [0.05, 0.1) is 28.6 Å². The zero-order valence-corrected chi connectivity index (χ0v) is 15.6. The van der Waals surface area contributed by atoms with Crippen molar-refractivity contribution in [3.63, 3.8) is 0 Å². The maximum absolute atomic E-state index is 4.81. The predicted octanol–water partition coefficient (Wildman–Crippen LogP) is 4.02. The molecule has 0 aliphatic heterocycles. The molecule has 0 spiro atoms. The Morgan fingerprint density at radius 3 is 2.57 bits per heavy atom. The Bertz CT molecular complexity index is 1490. The zero-order valence-electron chi connectivity index (χ0n) is 15.6.